The van der Waals surface area contributed by atoms with Crippen molar-refractivity contribution in [1.82, 2.24) is 4.31 Å². The minimum absolute atomic E-state index is 0.0967. The van der Waals surface area contributed by atoms with Gasteiger partial charge in [0.1, 0.15) is 11.9 Å². The summed E-state index contributed by atoms with van der Waals surface area (Å²) >= 11 is 0. The third-order valence-electron chi connectivity index (χ3n) is 3.67. The molecule has 0 saturated carbocycles. The molecule has 1 aromatic rings. The van der Waals surface area contributed by atoms with Crippen LogP contribution in [0.5, 0.6) is 0 Å². The lowest BCUT2D eigenvalue weighted by Crippen LogP contribution is -2.45. The lowest BCUT2D eigenvalue weighted by Gasteiger charge is -2.33. The first kappa shape index (κ1) is 16.4. The first-order valence-corrected chi connectivity index (χ1v) is 8.12. The van der Waals surface area contributed by atoms with E-state index in [1.54, 1.807) is 13.0 Å². The monoisotopic (exact) mass is 326 g/mol. The lowest BCUT2D eigenvalue weighted by atomic mass is 9.92. The van der Waals surface area contributed by atoms with Crippen LogP contribution in [0.2, 0.25) is 0 Å². The maximum atomic E-state index is 13.3. The lowest BCUT2D eigenvalue weighted by molar-refractivity contribution is -0.143. The first-order valence-electron chi connectivity index (χ1n) is 6.68. The van der Waals surface area contributed by atoms with Crippen molar-refractivity contribution < 1.29 is 22.7 Å². The Morgan fingerprint density at radius 3 is 2.73 bits per heavy atom. The number of carboxylic acid groups (broad SMARTS) is 1. The molecule has 0 radical (unpaired) electrons. The number of piperidine rings is 1. The van der Waals surface area contributed by atoms with Gasteiger partial charge in [-0.15, -0.1) is 0 Å². The molecule has 1 aliphatic rings. The fourth-order valence-electron chi connectivity index (χ4n) is 2.58. The van der Waals surface area contributed by atoms with Crippen molar-refractivity contribution in [3.05, 3.63) is 29.6 Å². The van der Waals surface area contributed by atoms with Gasteiger partial charge in [-0.05, 0) is 30.5 Å². The quantitative estimate of drug-likeness (QED) is 0.906. The third kappa shape index (κ3) is 3.10. The summed E-state index contributed by atoms with van der Waals surface area (Å²) in [6, 6.07) is 4.57. The Kier molecular flexibility index (Phi) is 4.49. The second kappa shape index (κ2) is 6.02. The minimum atomic E-state index is -3.96. The smallest absolute Gasteiger partial charge is 0.307 e. The second-order valence-corrected chi connectivity index (χ2v) is 7.39. The maximum Gasteiger partial charge on any atom is 0.307 e. The van der Waals surface area contributed by atoms with E-state index in [0.29, 0.717) is 6.42 Å². The first-order chi connectivity index (χ1) is 10.3. The Labute approximate surface area is 127 Å². The van der Waals surface area contributed by atoms with E-state index in [4.69, 9.17) is 10.4 Å². The maximum absolute atomic E-state index is 13.3. The SMILES string of the molecule is CC1CC(C(=O)O)CN(S(=O)(=O)c2ccc(F)c(C#N)c2)C1. The van der Waals surface area contributed by atoms with Crippen LogP contribution in [0.1, 0.15) is 18.9 Å². The van der Waals surface area contributed by atoms with Crippen LogP contribution in [-0.2, 0) is 14.8 Å². The van der Waals surface area contributed by atoms with Crippen LogP contribution < -0.4 is 0 Å². The summed E-state index contributed by atoms with van der Waals surface area (Å²) in [6.07, 6.45) is 0.411. The Morgan fingerprint density at radius 2 is 2.14 bits per heavy atom. The predicted molar refractivity (Wildman–Crippen MR) is 74.8 cm³/mol. The summed E-state index contributed by atoms with van der Waals surface area (Å²) in [5.41, 5.74) is -0.360. The van der Waals surface area contributed by atoms with E-state index in [1.807, 2.05) is 0 Å². The summed E-state index contributed by atoms with van der Waals surface area (Å²) < 4.78 is 39.6. The number of aliphatic carboxylic acids is 1. The van der Waals surface area contributed by atoms with Gasteiger partial charge in [0.05, 0.1) is 16.4 Å². The van der Waals surface area contributed by atoms with Crippen molar-refractivity contribution in [2.45, 2.75) is 18.2 Å². The molecular weight excluding hydrogens is 311 g/mol. The standard InChI is InChI=1S/C14H15FN2O4S/c1-9-4-11(14(18)19)8-17(7-9)22(20,21)12-2-3-13(15)10(5-12)6-16/h2-3,5,9,11H,4,7-8H2,1H3,(H,18,19). The average molecular weight is 326 g/mol. The van der Waals surface area contributed by atoms with Crippen LogP contribution in [0.15, 0.2) is 23.1 Å². The molecule has 0 spiro atoms. The summed E-state index contributed by atoms with van der Waals surface area (Å²) in [7, 11) is -3.96. The Morgan fingerprint density at radius 1 is 1.45 bits per heavy atom. The number of hydrogen-bond acceptors (Lipinski definition) is 4. The van der Waals surface area contributed by atoms with E-state index in [9.17, 15) is 17.6 Å². The van der Waals surface area contributed by atoms with Gasteiger partial charge in [-0.2, -0.15) is 9.57 Å². The van der Waals surface area contributed by atoms with E-state index >= 15 is 0 Å². The van der Waals surface area contributed by atoms with Crippen LogP contribution in [-0.4, -0.2) is 36.9 Å². The van der Waals surface area contributed by atoms with Gasteiger partial charge in [0.2, 0.25) is 10.0 Å². The van der Waals surface area contributed by atoms with Crippen LogP contribution in [0.3, 0.4) is 0 Å². The number of hydrogen-bond donors (Lipinski definition) is 1. The summed E-state index contributed by atoms with van der Waals surface area (Å²) in [4.78, 5) is 10.9. The fraction of sp³-hybridized carbons (Fsp3) is 0.429. The fourth-order valence-corrected chi connectivity index (χ4v) is 4.21. The van der Waals surface area contributed by atoms with Gasteiger partial charge in [-0.3, -0.25) is 4.79 Å². The van der Waals surface area contributed by atoms with E-state index < -0.39 is 27.7 Å². The number of carbonyl (C=O) groups is 1. The highest BCUT2D eigenvalue weighted by atomic mass is 32.2. The highest BCUT2D eigenvalue weighted by molar-refractivity contribution is 7.89. The molecule has 1 aliphatic heterocycles. The van der Waals surface area contributed by atoms with Gasteiger partial charge < -0.3 is 5.11 Å². The van der Waals surface area contributed by atoms with Gasteiger partial charge in [-0.25, -0.2) is 12.8 Å². The molecule has 0 aliphatic carbocycles. The normalized spacial score (nSPS) is 23.0. The zero-order chi connectivity index (χ0) is 16.5. The molecule has 1 aromatic carbocycles. The Balaban J connectivity index is 2.37. The number of nitrogens with zero attached hydrogens (tertiary/aromatic N) is 2. The van der Waals surface area contributed by atoms with Crippen LogP contribution >= 0.6 is 0 Å². The molecule has 2 rings (SSSR count). The van der Waals surface area contributed by atoms with E-state index in [-0.39, 0.29) is 29.5 Å². The van der Waals surface area contributed by atoms with Crippen molar-refractivity contribution in [3.8, 4) is 6.07 Å². The molecule has 6 nitrogen and oxygen atoms in total. The zero-order valence-electron chi connectivity index (χ0n) is 11.9. The highest BCUT2D eigenvalue weighted by Gasteiger charge is 2.36. The number of nitriles is 1. The number of benzene rings is 1. The van der Waals surface area contributed by atoms with Crippen LogP contribution in [0.4, 0.5) is 4.39 Å². The van der Waals surface area contributed by atoms with Crippen molar-refractivity contribution in [2.75, 3.05) is 13.1 Å². The number of halogens is 1. The average Bonchev–Trinajstić information content (AvgIpc) is 2.46. The van der Waals surface area contributed by atoms with Crippen molar-refractivity contribution >= 4 is 16.0 Å². The molecule has 118 valence electrons. The van der Waals surface area contributed by atoms with Gasteiger partial charge in [0.15, 0.2) is 0 Å². The summed E-state index contributed by atoms with van der Waals surface area (Å²) in [5, 5.41) is 17.9. The third-order valence-corrected chi connectivity index (χ3v) is 5.50. The molecule has 22 heavy (non-hydrogen) atoms. The molecule has 8 heteroatoms. The zero-order valence-corrected chi connectivity index (χ0v) is 12.7. The summed E-state index contributed by atoms with van der Waals surface area (Å²) in [6.45, 7) is 1.86. The molecule has 0 bridgehead atoms. The summed E-state index contributed by atoms with van der Waals surface area (Å²) in [5.74, 6) is -2.70. The van der Waals surface area contributed by atoms with Gasteiger partial charge in [-0.1, -0.05) is 6.92 Å². The number of carboxylic acids is 1. The highest BCUT2D eigenvalue weighted by Crippen LogP contribution is 2.27. The number of rotatable bonds is 3. The molecule has 0 aromatic heterocycles. The van der Waals surface area contributed by atoms with Gasteiger partial charge in [0.25, 0.3) is 0 Å². The molecule has 0 amide bonds. The molecule has 1 heterocycles. The van der Waals surface area contributed by atoms with Crippen molar-refractivity contribution in [2.24, 2.45) is 11.8 Å². The predicted octanol–water partition coefficient (Wildman–Crippen LogP) is 1.43. The van der Waals surface area contributed by atoms with Crippen LogP contribution in [0.25, 0.3) is 0 Å². The van der Waals surface area contributed by atoms with E-state index in [1.165, 1.54) is 0 Å². The minimum Gasteiger partial charge on any atom is -0.481 e. The molecule has 2 unspecified atom stereocenters. The molecule has 1 N–H and O–H groups in total. The molecule has 1 saturated heterocycles. The number of sulfonamides is 1. The second-order valence-electron chi connectivity index (χ2n) is 5.45. The molecular formula is C14H15FN2O4S. The van der Waals surface area contributed by atoms with Crippen LogP contribution in [0, 0.1) is 29.0 Å². The van der Waals surface area contributed by atoms with Gasteiger partial charge >= 0.3 is 5.97 Å². The van der Waals surface area contributed by atoms with E-state index in [2.05, 4.69) is 0 Å². The molecule has 2 atom stereocenters. The van der Waals surface area contributed by atoms with Crippen molar-refractivity contribution in [3.63, 3.8) is 0 Å². The Bertz CT molecular complexity index is 742. The largest absolute Gasteiger partial charge is 0.481 e. The Hall–Kier alpha value is -1.98. The topological polar surface area (TPSA) is 98.5 Å². The van der Waals surface area contributed by atoms with E-state index in [0.717, 1.165) is 22.5 Å². The van der Waals surface area contributed by atoms with Gasteiger partial charge in [0, 0.05) is 13.1 Å². The molecule has 1 fully saturated rings. The van der Waals surface area contributed by atoms with Crippen molar-refractivity contribution in [1.29, 1.82) is 5.26 Å².